The zero-order valence-corrected chi connectivity index (χ0v) is 15.9. The van der Waals surface area contributed by atoms with Gasteiger partial charge in [0.25, 0.3) is 0 Å². The number of nitrogens with zero attached hydrogens (tertiary/aromatic N) is 3. The number of carbonyl (C=O) groups is 2. The number of nitrogens with two attached hydrogens (primary N) is 1. The van der Waals surface area contributed by atoms with E-state index in [-0.39, 0.29) is 11.7 Å². The van der Waals surface area contributed by atoms with Crippen LogP contribution in [0.4, 0.5) is 5.82 Å². The van der Waals surface area contributed by atoms with Crippen molar-refractivity contribution in [2.24, 2.45) is 0 Å². The highest BCUT2D eigenvalue weighted by molar-refractivity contribution is 8.17. The maximum absolute atomic E-state index is 12.5. The molecule has 7 heteroatoms. The van der Waals surface area contributed by atoms with Gasteiger partial charge in [-0.3, -0.25) is 9.59 Å². The Hall–Kier alpha value is -2.67. The second kappa shape index (κ2) is 9.15. The standard InChI is InChI=1S/C19H22N4O2S/c1-4-17(26-19(25)15-8-6-5-7-9-15)13(2)23(12-24)11-16-10-21-14(3)22-18(16)20/h5-10,12H,4,11H2,1-3H3,(H2,20,21,22). The Kier molecular flexibility index (Phi) is 6.91. The molecule has 2 rings (SSSR count). The van der Waals surface area contributed by atoms with Gasteiger partial charge in [-0.15, -0.1) is 0 Å². The molecule has 0 saturated carbocycles. The number of benzene rings is 1. The highest BCUT2D eigenvalue weighted by Gasteiger charge is 2.16. The van der Waals surface area contributed by atoms with Crippen molar-refractivity contribution in [1.82, 2.24) is 14.9 Å². The SMILES string of the molecule is CCC(SC(=O)c1ccccc1)=C(C)N(C=O)Cc1cnc(C)nc1N. The van der Waals surface area contributed by atoms with Crippen LogP contribution in [0.25, 0.3) is 0 Å². The van der Waals surface area contributed by atoms with Crippen molar-refractivity contribution < 1.29 is 9.59 Å². The van der Waals surface area contributed by atoms with Crippen LogP contribution in [0.2, 0.25) is 0 Å². The van der Waals surface area contributed by atoms with Gasteiger partial charge in [-0.2, -0.15) is 0 Å². The third-order valence-electron chi connectivity index (χ3n) is 3.87. The first kappa shape index (κ1) is 19.7. The van der Waals surface area contributed by atoms with Crippen molar-refractivity contribution >= 4 is 29.1 Å². The van der Waals surface area contributed by atoms with E-state index in [1.807, 2.05) is 32.0 Å². The highest BCUT2D eigenvalue weighted by atomic mass is 32.2. The summed E-state index contributed by atoms with van der Waals surface area (Å²) in [6.45, 7) is 5.79. The third-order valence-corrected chi connectivity index (χ3v) is 5.12. The minimum absolute atomic E-state index is 0.0502. The number of allylic oxidation sites excluding steroid dienone is 2. The number of amides is 1. The molecule has 1 amide bonds. The molecule has 6 nitrogen and oxygen atoms in total. The molecule has 136 valence electrons. The summed E-state index contributed by atoms with van der Waals surface area (Å²) in [6, 6.07) is 9.08. The van der Waals surface area contributed by atoms with Gasteiger partial charge in [-0.05, 0) is 32.0 Å². The number of carbonyl (C=O) groups excluding carboxylic acids is 2. The molecule has 1 heterocycles. The number of hydrogen-bond donors (Lipinski definition) is 1. The molecule has 1 aromatic heterocycles. The molecule has 0 radical (unpaired) electrons. The van der Waals surface area contributed by atoms with E-state index < -0.39 is 0 Å². The van der Waals surface area contributed by atoms with Gasteiger partial charge in [0.15, 0.2) is 0 Å². The van der Waals surface area contributed by atoms with E-state index in [1.54, 1.807) is 25.3 Å². The van der Waals surface area contributed by atoms with E-state index >= 15 is 0 Å². The molecule has 1 aromatic carbocycles. The molecule has 0 aliphatic carbocycles. The fourth-order valence-corrected chi connectivity index (χ4v) is 3.25. The number of rotatable bonds is 7. The van der Waals surface area contributed by atoms with Crippen LogP contribution in [0, 0.1) is 6.92 Å². The van der Waals surface area contributed by atoms with Crippen molar-refractivity contribution in [2.75, 3.05) is 5.73 Å². The largest absolute Gasteiger partial charge is 0.383 e. The van der Waals surface area contributed by atoms with Crippen LogP contribution >= 0.6 is 11.8 Å². The summed E-state index contributed by atoms with van der Waals surface area (Å²) in [5.74, 6) is 0.928. The number of aromatic nitrogens is 2. The molecule has 0 bridgehead atoms. The zero-order chi connectivity index (χ0) is 19.1. The Balaban J connectivity index is 2.22. The van der Waals surface area contributed by atoms with E-state index in [9.17, 15) is 9.59 Å². The molecule has 0 aliphatic rings. The van der Waals surface area contributed by atoms with E-state index in [4.69, 9.17) is 5.73 Å². The molecular formula is C19H22N4O2S. The molecule has 0 spiro atoms. The van der Waals surface area contributed by atoms with Crippen molar-refractivity contribution in [2.45, 2.75) is 33.7 Å². The summed E-state index contributed by atoms with van der Waals surface area (Å²) in [6.07, 6.45) is 2.99. The summed E-state index contributed by atoms with van der Waals surface area (Å²) in [4.78, 5) is 34.7. The number of nitrogen functional groups attached to an aromatic ring is 1. The zero-order valence-electron chi connectivity index (χ0n) is 15.1. The van der Waals surface area contributed by atoms with Crippen LogP contribution in [0.15, 0.2) is 47.1 Å². The first-order valence-electron chi connectivity index (χ1n) is 8.23. The van der Waals surface area contributed by atoms with Crippen LogP contribution in [0.3, 0.4) is 0 Å². The summed E-state index contributed by atoms with van der Waals surface area (Å²) >= 11 is 1.14. The Labute approximate surface area is 157 Å². The fourth-order valence-electron chi connectivity index (χ4n) is 2.36. The molecule has 2 N–H and O–H groups in total. The monoisotopic (exact) mass is 370 g/mol. The van der Waals surface area contributed by atoms with Crippen LogP contribution in [-0.4, -0.2) is 26.4 Å². The average Bonchev–Trinajstić information content (AvgIpc) is 2.65. The highest BCUT2D eigenvalue weighted by Crippen LogP contribution is 2.29. The molecule has 26 heavy (non-hydrogen) atoms. The maximum Gasteiger partial charge on any atom is 0.223 e. The lowest BCUT2D eigenvalue weighted by molar-refractivity contribution is -0.116. The van der Waals surface area contributed by atoms with E-state index in [0.717, 1.165) is 28.8 Å². The third kappa shape index (κ3) is 4.92. The maximum atomic E-state index is 12.5. The van der Waals surface area contributed by atoms with Gasteiger partial charge >= 0.3 is 0 Å². The minimum atomic E-state index is -0.0502. The van der Waals surface area contributed by atoms with Gasteiger partial charge in [-0.1, -0.05) is 37.3 Å². The first-order chi connectivity index (χ1) is 12.5. The fraction of sp³-hybridized carbons (Fsp3) is 0.263. The lowest BCUT2D eigenvalue weighted by atomic mass is 10.2. The van der Waals surface area contributed by atoms with Crippen molar-refractivity contribution in [1.29, 1.82) is 0 Å². The van der Waals surface area contributed by atoms with Crippen molar-refractivity contribution in [3.63, 3.8) is 0 Å². The van der Waals surface area contributed by atoms with E-state index in [1.165, 1.54) is 4.90 Å². The van der Waals surface area contributed by atoms with E-state index in [0.29, 0.717) is 29.2 Å². The predicted octanol–water partition coefficient (Wildman–Crippen LogP) is 3.54. The van der Waals surface area contributed by atoms with Gasteiger partial charge < -0.3 is 10.6 Å². The van der Waals surface area contributed by atoms with Gasteiger partial charge in [0.05, 0.1) is 6.54 Å². The molecule has 2 aromatic rings. The minimum Gasteiger partial charge on any atom is -0.383 e. The Morgan fingerprint density at radius 2 is 2.00 bits per heavy atom. The van der Waals surface area contributed by atoms with Crippen molar-refractivity contribution in [3.05, 3.63) is 64.1 Å². The second-order valence-corrected chi connectivity index (χ2v) is 6.75. The van der Waals surface area contributed by atoms with Gasteiger partial charge in [0.2, 0.25) is 11.5 Å². The van der Waals surface area contributed by atoms with Crippen LogP contribution in [-0.2, 0) is 11.3 Å². The lowest BCUT2D eigenvalue weighted by Crippen LogP contribution is -2.22. The molecule has 0 fully saturated rings. The number of aryl methyl sites for hydroxylation is 1. The summed E-state index contributed by atoms with van der Waals surface area (Å²) < 4.78 is 0. The quantitative estimate of drug-likeness (QED) is 0.750. The average molecular weight is 370 g/mol. The predicted molar refractivity (Wildman–Crippen MR) is 104 cm³/mol. The summed E-state index contributed by atoms with van der Waals surface area (Å²) in [7, 11) is 0. The van der Waals surface area contributed by atoms with Crippen LogP contribution in [0.5, 0.6) is 0 Å². The van der Waals surface area contributed by atoms with Gasteiger partial charge in [0, 0.05) is 27.9 Å². The first-order valence-corrected chi connectivity index (χ1v) is 9.04. The number of thioether (sulfide) groups is 1. The topological polar surface area (TPSA) is 89.2 Å². The Morgan fingerprint density at radius 3 is 2.58 bits per heavy atom. The summed E-state index contributed by atoms with van der Waals surface area (Å²) in [5, 5.41) is -0.0502. The Bertz CT molecular complexity index is 822. The van der Waals surface area contributed by atoms with Crippen molar-refractivity contribution in [3.8, 4) is 0 Å². The van der Waals surface area contributed by atoms with Gasteiger partial charge in [0.1, 0.15) is 11.6 Å². The smallest absolute Gasteiger partial charge is 0.223 e. The van der Waals surface area contributed by atoms with Crippen LogP contribution in [0.1, 0.15) is 42.0 Å². The number of anilines is 1. The number of hydrogen-bond acceptors (Lipinski definition) is 6. The Morgan fingerprint density at radius 1 is 1.31 bits per heavy atom. The van der Waals surface area contributed by atoms with Crippen LogP contribution < -0.4 is 5.73 Å². The molecule has 0 unspecified atom stereocenters. The molecule has 0 saturated heterocycles. The lowest BCUT2D eigenvalue weighted by Gasteiger charge is -2.21. The van der Waals surface area contributed by atoms with E-state index in [2.05, 4.69) is 9.97 Å². The normalized spacial score (nSPS) is 11.7. The molecular weight excluding hydrogens is 348 g/mol. The molecule has 0 aliphatic heterocycles. The molecule has 0 atom stereocenters. The summed E-state index contributed by atoms with van der Waals surface area (Å²) in [5.41, 5.74) is 7.93. The second-order valence-electron chi connectivity index (χ2n) is 5.68. The van der Waals surface area contributed by atoms with Gasteiger partial charge in [-0.25, -0.2) is 9.97 Å².